The number of benzene rings is 2. The summed E-state index contributed by atoms with van der Waals surface area (Å²) in [5, 5.41) is 5.84. The predicted octanol–water partition coefficient (Wildman–Crippen LogP) is 1.65. The zero-order chi connectivity index (χ0) is 20.8. The van der Waals surface area contributed by atoms with Crippen molar-refractivity contribution in [3.8, 4) is 0 Å². The monoisotopic (exact) mass is 403 g/mol. The van der Waals surface area contributed by atoms with Gasteiger partial charge in [0.15, 0.2) is 0 Å². The smallest absolute Gasteiger partial charge is 0.313 e. The first-order valence-electron chi connectivity index (χ1n) is 9.11. The third-order valence-electron chi connectivity index (χ3n) is 4.61. The highest BCUT2D eigenvalue weighted by Gasteiger charge is 2.21. The van der Waals surface area contributed by atoms with Gasteiger partial charge in [0.25, 0.3) is 0 Å². The van der Waals surface area contributed by atoms with Gasteiger partial charge in [-0.2, -0.15) is 0 Å². The molecule has 0 spiro atoms. The molecule has 6 nitrogen and oxygen atoms in total. The molecule has 28 heavy (non-hydrogen) atoms. The van der Waals surface area contributed by atoms with Crippen LogP contribution in [0.3, 0.4) is 0 Å². The first-order chi connectivity index (χ1) is 13.2. The fourth-order valence-electron chi connectivity index (χ4n) is 2.79. The highest BCUT2D eigenvalue weighted by atomic mass is 35.5. The van der Waals surface area contributed by atoms with E-state index in [-0.39, 0.29) is 6.04 Å². The lowest BCUT2D eigenvalue weighted by Gasteiger charge is -2.23. The SMILES string of the molecule is Cc1ccc(NC(=O)C(=O)NC[C@H](c2ccc(N(C)C)cc2)[NH+](C)C)cc1Cl. The Labute approximate surface area is 171 Å². The number of nitrogens with zero attached hydrogens (tertiary/aromatic N) is 1. The molecule has 2 amide bonds. The summed E-state index contributed by atoms with van der Waals surface area (Å²) in [5.74, 6) is -1.39. The molecule has 0 saturated heterocycles. The average Bonchev–Trinajstić information content (AvgIpc) is 2.64. The highest BCUT2D eigenvalue weighted by molar-refractivity contribution is 6.39. The second-order valence-electron chi connectivity index (χ2n) is 7.24. The summed E-state index contributed by atoms with van der Waals surface area (Å²) in [6.07, 6.45) is 0. The normalized spacial score (nSPS) is 11.8. The minimum atomic E-state index is -0.713. The Morgan fingerprint density at radius 3 is 2.25 bits per heavy atom. The van der Waals surface area contributed by atoms with Gasteiger partial charge in [0.05, 0.1) is 20.6 Å². The lowest BCUT2D eigenvalue weighted by atomic mass is 10.1. The Morgan fingerprint density at radius 1 is 1.07 bits per heavy atom. The van der Waals surface area contributed by atoms with Crippen LogP contribution in [-0.4, -0.2) is 46.5 Å². The van der Waals surface area contributed by atoms with Gasteiger partial charge in [-0.25, -0.2) is 0 Å². The number of carbonyl (C=O) groups excluding carboxylic acids is 2. The second kappa shape index (κ2) is 9.57. The van der Waals surface area contributed by atoms with E-state index < -0.39 is 11.8 Å². The quantitative estimate of drug-likeness (QED) is 0.642. The number of anilines is 2. The molecular formula is C21H28ClN4O2+. The largest absolute Gasteiger partial charge is 0.378 e. The third-order valence-corrected chi connectivity index (χ3v) is 5.02. The van der Waals surface area contributed by atoms with Crippen LogP contribution in [0.4, 0.5) is 11.4 Å². The molecule has 2 aromatic rings. The maximum atomic E-state index is 12.2. The topological polar surface area (TPSA) is 65.9 Å². The van der Waals surface area contributed by atoms with Gasteiger partial charge in [-0.05, 0) is 36.8 Å². The minimum Gasteiger partial charge on any atom is -0.378 e. The van der Waals surface area contributed by atoms with Gasteiger partial charge in [-0.1, -0.05) is 29.8 Å². The van der Waals surface area contributed by atoms with E-state index >= 15 is 0 Å². The zero-order valence-electron chi connectivity index (χ0n) is 17.0. The summed E-state index contributed by atoms with van der Waals surface area (Å²) in [7, 11) is 8.02. The highest BCUT2D eigenvalue weighted by Crippen LogP contribution is 2.20. The van der Waals surface area contributed by atoms with Crippen molar-refractivity contribution in [3.63, 3.8) is 0 Å². The van der Waals surface area contributed by atoms with Crippen LogP contribution in [0.15, 0.2) is 42.5 Å². The molecule has 0 unspecified atom stereocenters. The first-order valence-corrected chi connectivity index (χ1v) is 9.49. The van der Waals surface area contributed by atoms with E-state index in [0.29, 0.717) is 17.3 Å². The summed E-state index contributed by atoms with van der Waals surface area (Å²) in [6.45, 7) is 2.22. The summed E-state index contributed by atoms with van der Waals surface area (Å²) < 4.78 is 0. The van der Waals surface area contributed by atoms with Crippen LogP contribution >= 0.6 is 11.6 Å². The van der Waals surface area contributed by atoms with Crippen molar-refractivity contribution in [1.82, 2.24) is 5.32 Å². The van der Waals surface area contributed by atoms with Crippen molar-refractivity contribution in [2.45, 2.75) is 13.0 Å². The molecule has 0 radical (unpaired) electrons. The zero-order valence-corrected chi connectivity index (χ0v) is 17.7. The number of rotatable bonds is 6. The van der Waals surface area contributed by atoms with Crippen LogP contribution < -0.4 is 20.4 Å². The van der Waals surface area contributed by atoms with E-state index in [0.717, 1.165) is 21.7 Å². The number of hydrogen-bond acceptors (Lipinski definition) is 3. The lowest BCUT2D eigenvalue weighted by Crippen LogP contribution is -3.07. The molecule has 0 aliphatic rings. The summed E-state index contributed by atoms with van der Waals surface area (Å²) in [4.78, 5) is 27.6. The number of halogens is 1. The minimum absolute atomic E-state index is 0.0294. The van der Waals surface area contributed by atoms with E-state index in [1.165, 1.54) is 0 Å². The van der Waals surface area contributed by atoms with E-state index in [4.69, 9.17) is 11.6 Å². The molecule has 0 saturated carbocycles. The van der Waals surface area contributed by atoms with Gasteiger partial charge in [0.1, 0.15) is 6.04 Å². The molecule has 0 aromatic heterocycles. The van der Waals surface area contributed by atoms with Crippen LogP contribution in [-0.2, 0) is 9.59 Å². The number of aryl methyl sites for hydroxylation is 1. The van der Waals surface area contributed by atoms with Gasteiger partial charge >= 0.3 is 11.8 Å². The maximum Gasteiger partial charge on any atom is 0.313 e. The lowest BCUT2D eigenvalue weighted by molar-refractivity contribution is -0.890. The Hall–Kier alpha value is -2.57. The van der Waals surface area contributed by atoms with Crippen molar-refractivity contribution in [2.24, 2.45) is 0 Å². The fraction of sp³-hybridized carbons (Fsp3) is 0.333. The van der Waals surface area contributed by atoms with Gasteiger partial charge in [0, 0.05) is 36.1 Å². The molecule has 2 rings (SSSR count). The molecule has 0 bridgehead atoms. The van der Waals surface area contributed by atoms with E-state index in [2.05, 4.69) is 10.6 Å². The van der Waals surface area contributed by atoms with Crippen molar-refractivity contribution < 1.29 is 14.5 Å². The molecule has 0 aliphatic heterocycles. The van der Waals surface area contributed by atoms with Gasteiger partial charge in [-0.15, -0.1) is 0 Å². The molecule has 2 aromatic carbocycles. The van der Waals surface area contributed by atoms with Gasteiger partial charge in [0.2, 0.25) is 0 Å². The number of nitrogens with one attached hydrogen (secondary N) is 3. The number of amides is 2. The van der Waals surface area contributed by atoms with E-state index in [1.54, 1.807) is 18.2 Å². The maximum absolute atomic E-state index is 12.2. The second-order valence-corrected chi connectivity index (χ2v) is 7.65. The van der Waals surface area contributed by atoms with Crippen molar-refractivity contribution in [2.75, 3.05) is 45.0 Å². The van der Waals surface area contributed by atoms with E-state index in [1.807, 2.05) is 64.3 Å². The molecule has 7 heteroatoms. The van der Waals surface area contributed by atoms with E-state index in [9.17, 15) is 9.59 Å². The molecule has 150 valence electrons. The molecule has 0 fully saturated rings. The molecule has 0 heterocycles. The van der Waals surface area contributed by atoms with Crippen molar-refractivity contribution >= 4 is 34.8 Å². The van der Waals surface area contributed by atoms with Gasteiger partial charge in [-0.3, -0.25) is 9.59 Å². The summed E-state index contributed by atoms with van der Waals surface area (Å²) >= 11 is 6.06. The molecule has 1 atom stereocenters. The van der Waals surface area contributed by atoms with Crippen LogP contribution in [0.2, 0.25) is 5.02 Å². The standard InChI is InChI=1S/C21H27ClN4O2/c1-14-6-9-16(12-18(14)22)24-21(28)20(27)23-13-19(26(4)5)15-7-10-17(11-8-15)25(2)3/h6-12,19H,13H2,1-5H3,(H,23,27)(H,24,28)/p+1/t19-/m1/s1. The Bertz CT molecular complexity index is 835. The Balaban J connectivity index is 1.99. The number of likely N-dealkylation sites (N-methyl/N-ethyl adjacent to an activating group) is 1. The first kappa shape index (κ1) is 21.7. The fourth-order valence-corrected chi connectivity index (χ4v) is 2.97. The number of hydrogen-bond donors (Lipinski definition) is 3. The molecule has 0 aliphatic carbocycles. The van der Waals surface area contributed by atoms with Crippen LogP contribution in [0.1, 0.15) is 17.2 Å². The number of quaternary nitrogens is 1. The third kappa shape index (κ3) is 5.71. The predicted molar refractivity (Wildman–Crippen MR) is 114 cm³/mol. The molecular weight excluding hydrogens is 376 g/mol. The van der Waals surface area contributed by atoms with Crippen molar-refractivity contribution in [3.05, 3.63) is 58.6 Å². The van der Waals surface area contributed by atoms with Crippen LogP contribution in [0.25, 0.3) is 0 Å². The van der Waals surface area contributed by atoms with Gasteiger partial charge < -0.3 is 20.4 Å². The average molecular weight is 404 g/mol. The van der Waals surface area contributed by atoms with Crippen LogP contribution in [0.5, 0.6) is 0 Å². The summed E-state index contributed by atoms with van der Waals surface area (Å²) in [6, 6.07) is 13.3. The van der Waals surface area contributed by atoms with Crippen molar-refractivity contribution in [1.29, 1.82) is 0 Å². The Morgan fingerprint density at radius 2 is 1.71 bits per heavy atom. The number of carbonyl (C=O) groups is 2. The Kier molecular flexibility index (Phi) is 7.43. The molecule has 3 N–H and O–H groups in total. The van der Waals surface area contributed by atoms with Crippen LogP contribution in [0, 0.1) is 6.92 Å². The summed E-state index contributed by atoms with van der Waals surface area (Å²) in [5.41, 5.74) is 3.60.